The molecular formula is C19H18ClN3O5S. The number of nitrogens with one attached hydrogen (secondary N) is 1. The van der Waals surface area contributed by atoms with Crippen molar-refractivity contribution in [1.82, 2.24) is 0 Å². The van der Waals surface area contributed by atoms with Gasteiger partial charge in [0.25, 0.3) is 15.7 Å². The van der Waals surface area contributed by atoms with Crippen molar-refractivity contribution < 1.29 is 18.1 Å². The summed E-state index contributed by atoms with van der Waals surface area (Å²) in [6.07, 6.45) is 0.00850. The summed E-state index contributed by atoms with van der Waals surface area (Å²) in [5.74, 6) is -0.589. The van der Waals surface area contributed by atoms with Crippen LogP contribution in [0, 0.1) is 10.1 Å². The number of nitro benzene ring substituents is 1. The van der Waals surface area contributed by atoms with Gasteiger partial charge in [-0.1, -0.05) is 48.5 Å². The molecule has 0 fully saturated rings. The van der Waals surface area contributed by atoms with Crippen molar-refractivity contribution in [3.05, 3.63) is 76.3 Å². The van der Waals surface area contributed by atoms with Gasteiger partial charge in [-0.05, 0) is 23.4 Å². The summed E-state index contributed by atoms with van der Waals surface area (Å²) in [5.41, 5.74) is 4.91. The number of primary amides is 1. The highest BCUT2D eigenvalue weighted by atomic mass is 35.5. The lowest BCUT2D eigenvalue weighted by atomic mass is 10.1. The number of amides is 1. The Bertz CT molecular complexity index is 1180. The number of rotatable bonds is 7. The van der Waals surface area contributed by atoms with Crippen LogP contribution in [0.4, 0.5) is 11.4 Å². The molecule has 0 radical (unpaired) electrons. The standard InChI is InChI=1S/C19H17N3O5S.ClH/c20-18(23)12-11-14-7-3-9-16(22(24)25)19(14)21-28(26,27)17-10-4-6-13-5-1-2-8-15(13)17;/h1-10,21H,11-12H2,(H2,20,23);1H. The Balaban J connectivity index is 0.00000300. The summed E-state index contributed by atoms with van der Waals surface area (Å²) in [6, 6.07) is 15.9. The van der Waals surface area contributed by atoms with E-state index in [2.05, 4.69) is 4.72 Å². The number of para-hydroxylation sites is 1. The van der Waals surface area contributed by atoms with E-state index in [1.807, 2.05) is 0 Å². The minimum Gasteiger partial charge on any atom is -0.370 e. The number of hydrogen-bond donors (Lipinski definition) is 2. The maximum Gasteiger partial charge on any atom is 0.293 e. The molecule has 0 unspecified atom stereocenters. The van der Waals surface area contributed by atoms with Crippen molar-refractivity contribution in [2.45, 2.75) is 17.7 Å². The van der Waals surface area contributed by atoms with Crippen LogP contribution in [-0.2, 0) is 21.2 Å². The van der Waals surface area contributed by atoms with Gasteiger partial charge in [-0.3, -0.25) is 19.6 Å². The number of carbonyl (C=O) groups is 1. The largest absolute Gasteiger partial charge is 0.370 e. The average molecular weight is 436 g/mol. The van der Waals surface area contributed by atoms with Crippen molar-refractivity contribution in [1.29, 1.82) is 0 Å². The van der Waals surface area contributed by atoms with E-state index in [1.54, 1.807) is 36.4 Å². The zero-order valence-electron chi connectivity index (χ0n) is 15.1. The van der Waals surface area contributed by atoms with E-state index in [0.717, 1.165) is 5.39 Å². The average Bonchev–Trinajstić information content (AvgIpc) is 2.66. The van der Waals surface area contributed by atoms with E-state index in [4.69, 9.17) is 5.73 Å². The summed E-state index contributed by atoms with van der Waals surface area (Å²) in [4.78, 5) is 21.9. The lowest BCUT2D eigenvalue weighted by Gasteiger charge is -2.14. The van der Waals surface area contributed by atoms with Crippen LogP contribution in [0.3, 0.4) is 0 Å². The molecule has 29 heavy (non-hydrogen) atoms. The number of sulfonamides is 1. The van der Waals surface area contributed by atoms with Gasteiger partial charge >= 0.3 is 0 Å². The predicted molar refractivity (Wildman–Crippen MR) is 113 cm³/mol. The minimum atomic E-state index is -4.13. The van der Waals surface area contributed by atoms with Crippen LogP contribution in [0.25, 0.3) is 10.8 Å². The van der Waals surface area contributed by atoms with E-state index in [-0.39, 0.29) is 35.8 Å². The molecule has 0 aliphatic heterocycles. The van der Waals surface area contributed by atoms with Gasteiger partial charge in [-0.25, -0.2) is 8.42 Å². The molecule has 8 nitrogen and oxygen atoms in total. The molecule has 152 valence electrons. The molecule has 3 N–H and O–H groups in total. The Hall–Kier alpha value is -3.17. The van der Waals surface area contributed by atoms with Gasteiger partial charge in [0.2, 0.25) is 5.91 Å². The van der Waals surface area contributed by atoms with Gasteiger partial charge in [-0.15, -0.1) is 12.4 Å². The SMILES string of the molecule is Cl.NC(=O)CCc1cccc([N+](=O)[O-])c1NS(=O)(=O)c1cccc2ccccc12. The second-order valence-corrected chi connectivity index (χ2v) is 7.77. The summed E-state index contributed by atoms with van der Waals surface area (Å²) >= 11 is 0. The smallest absolute Gasteiger partial charge is 0.293 e. The van der Waals surface area contributed by atoms with Crippen LogP contribution in [-0.4, -0.2) is 19.2 Å². The molecule has 0 bridgehead atoms. The number of nitro groups is 1. The molecule has 0 aliphatic rings. The fourth-order valence-electron chi connectivity index (χ4n) is 2.94. The summed E-state index contributed by atoms with van der Waals surface area (Å²) in [7, 11) is -4.13. The topological polar surface area (TPSA) is 132 Å². The van der Waals surface area contributed by atoms with E-state index < -0.39 is 26.5 Å². The Morgan fingerprint density at radius 2 is 1.69 bits per heavy atom. The molecule has 0 saturated carbocycles. The first-order chi connectivity index (χ1) is 13.3. The fraction of sp³-hybridized carbons (Fsp3) is 0.105. The molecular weight excluding hydrogens is 418 g/mol. The minimum absolute atomic E-state index is 0. The first-order valence-electron chi connectivity index (χ1n) is 8.35. The van der Waals surface area contributed by atoms with Crippen LogP contribution >= 0.6 is 12.4 Å². The summed E-state index contributed by atoms with van der Waals surface area (Å²) < 4.78 is 28.5. The predicted octanol–water partition coefficient (Wildman–Crippen LogP) is 3.39. The molecule has 0 atom stereocenters. The van der Waals surface area contributed by atoms with Crippen LogP contribution in [0.2, 0.25) is 0 Å². The molecule has 3 aromatic rings. The van der Waals surface area contributed by atoms with Gasteiger partial charge < -0.3 is 5.73 Å². The molecule has 0 aliphatic carbocycles. The third-order valence-corrected chi connectivity index (χ3v) is 5.65. The highest BCUT2D eigenvalue weighted by Gasteiger charge is 2.25. The molecule has 0 spiro atoms. The van der Waals surface area contributed by atoms with Crippen LogP contribution < -0.4 is 10.5 Å². The Morgan fingerprint density at radius 3 is 2.38 bits per heavy atom. The number of anilines is 1. The first-order valence-corrected chi connectivity index (χ1v) is 9.83. The van der Waals surface area contributed by atoms with Crippen molar-refractivity contribution in [2.24, 2.45) is 5.73 Å². The van der Waals surface area contributed by atoms with Crippen molar-refractivity contribution in [3.8, 4) is 0 Å². The first kappa shape index (κ1) is 22.1. The van der Waals surface area contributed by atoms with Crippen LogP contribution in [0.15, 0.2) is 65.6 Å². The highest BCUT2D eigenvalue weighted by Crippen LogP contribution is 2.32. The number of benzene rings is 3. The van der Waals surface area contributed by atoms with Gasteiger partial charge in [0, 0.05) is 17.9 Å². The molecule has 3 rings (SSSR count). The Kier molecular flexibility index (Phi) is 6.78. The van der Waals surface area contributed by atoms with Gasteiger partial charge in [-0.2, -0.15) is 0 Å². The van der Waals surface area contributed by atoms with Gasteiger partial charge in [0.05, 0.1) is 9.82 Å². The van der Waals surface area contributed by atoms with Crippen molar-refractivity contribution in [2.75, 3.05) is 4.72 Å². The second kappa shape index (κ2) is 8.89. The van der Waals surface area contributed by atoms with E-state index in [1.165, 1.54) is 24.3 Å². The number of nitrogens with two attached hydrogens (primary N) is 1. The number of hydrogen-bond acceptors (Lipinski definition) is 5. The quantitative estimate of drug-likeness (QED) is 0.433. The lowest BCUT2D eigenvalue weighted by molar-refractivity contribution is -0.383. The van der Waals surface area contributed by atoms with Crippen LogP contribution in [0.1, 0.15) is 12.0 Å². The van der Waals surface area contributed by atoms with E-state index in [9.17, 15) is 23.3 Å². The normalized spacial score (nSPS) is 10.9. The number of aryl methyl sites for hydroxylation is 1. The monoisotopic (exact) mass is 435 g/mol. The number of fused-ring (bicyclic) bond motifs is 1. The van der Waals surface area contributed by atoms with Crippen molar-refractivity contribution >= 4 is 50.5 Å². The van der Waals surface area contributed by atoms with Crippen LogP contribution in [0.5, 0.6) is 0 Å². The molecule has 0 heterocycles. The van der Waals surface area contributed by atoms with E-state index >= 15 is 0 Å². The Labute approximate surface area is 173 Å². The molecule has 0 aromatic heterocycles. The Morgan fingerprint density at radius 1 is 1.03 bits per heavy atom. The fourth-order valence-corrected chi connectivity index (χ4v) is 4.29. The third kappa shape index (κ3) is 4.82. The van der Waals surface area contributed by atoms with Crippen molar-refractivity contribution in [3.63, 3.8) is 0 Å². The number of carbonyl (C=O) groups excluding carboxylic acids is 1. The van der Waals surface area contributed by atoms with E-state index in [0.29, 0.717) is 10.9 Å². The number of halogens is 1. The molecule has 1 amide bonds. The zero-order valence-corrected chi connectivity index (χ0v) is 16.7. The molecule has 3 aromatic carbocycles. The zero-order chi connectivity index (χ0) is 20.3. The van der Waals surface area contributed by atoms with Gasteiger partial charge in [0.1, 0.15) is 5.69 Å². The molecule has 0 saturated heterocycles. The summed E-state index contributed by atoms with van der Waals surface area (Å²) in [5, 5.41) is 12.6. The highest BCUT2D eigenvalue weighted by molar-refractivity contribution is 7.93. The van der Waals surface area contributed by atoms with Gasteiger partial charge in [0.15, 0.2) is 0 Å². The maximum absolute atomic E-state index is 13.1. The third-order valence-electron chi connectivity index (χ3n) is 4.24. The number of nitrogens with zero attached hydrogens (tertiary/aromatic N) is 1. The lowest BCUT2D eigenvalue weighted by Crippen LogP contribution is -2.17. The second-order valence-electron chi connectivity index (χ2n) is 6.12. The summed E-state index contributed by atoms with van der Waals surface area (Å²) in [6.45, 7) is 0. The molecule has 10 heteroatoms. The maximum atomic E-state index is 13.1.